The molecule has 0 aliphatic rings. The van der Waals surface area contributed by atoms with E-state index in [1.54, 1.807) is 6.07 Å². The summed E-state index contributed by atoms with van der Waals surface area (Å²) in [5, 5.41) is 21.6. The average molecular weight is 264 g/mol. The smallest absolute Gasteiger partial charge is 0.259 e. The summed E-state index contributed by atoms with van der Waals surface area (Å²) in [6.45, 7) is 2.02. The lowest BCUT2D eigenvalue weighted by Crippen LogP contribution is -1.99. The van der Waals surface area contributed by atoms with Gasteiger partial charge in [-0.2, -0.15) is 0 Å². The Hall–Kier alpha value is -2.24. The molecule has 0 unspecified atom stereocenters. The lowest BCUT2D eigenvalue weighted by molar-refractivity contribution is -0.426. The molecule has 0 spiro atoms. The number of hydrogen-bond acceptors (Lipinski definition) is 4. The Morgan fingerprint density at radius 2 is 2.00 bits per heavy atom. The van der Waals surface area contributed by atoms with Crippen molar-refractivity contribution in [2.45, 2.75) is 32.6 Å². The van der Waals surface area contributed by atoms with Gasteiger partial charge in [0.05, 0.1) is 9.85 Å². The first kappa shape index (κ1) is 14.8. The molecular formula is C13H16N2O4. The van der Waals surface area contributed by atoms with Gasteiger partial charge in [-0.05, 0) is 12.0 Å². The summed E-state index contributed by atoms with van der Waals surface area (Å²) >= 11 is 0. The van der Waals surface area contributed by atoms with E-state index in [2.05, 4.69) is 0 Å². The molecule has 0 aliphatic heterocycles. The Balaban J connectivity index is 2.91. The second-order valence-corrected chi connectivity index (χ2v) is 4.20. The number of rotatable bonds is 7. The minimum absolute atomic E-state index is 0.0648. The van der Waals surface area contributed by atoms with Crippen LogP contribution in [0.2, 0.25) is 0 Å². The molecule has 0 amide bonds. The fraction of sp³-hybridized carbons (Fsp3) is 0.385. The van der Waals surface area contributed by atoms with Gasteiger partial charge < -0.3 is 0 Å². The van der Waals surface area contributed by atoms with Gasteiger partial charge in [0.1, 0.15) is 0 Å². The summed E-state index contributed by atoms with van der Waals surface area (Å²) in [6.07, 6.45) is 4.45. The summed E-state index contributed by atoms with van der Waals surface area (Å²) in [6, 6.07) is 5.84. The number of unbranched alkanes of at least 4 members (excludes halogenated alkanes) is 2. The molecule has 0 radical (unpaired) electrons. The van der Waals surface area contributed by atoms with Crippen LogP contribution in [0.4, 0.5) is 5.69 Å². The van der Waals surface area contributed by atoms with E-state index in [1.165, 1.54) is 24.3 Å². The maximum absolute atomic E-state index is 10.9. The van der Waals surface area contributed by atoms with Gasteiger partial charge in [0.15, 0.2) is 0 Å². The maximum Gasteiger partial charge on any atom is 0.270 e. The molecule has 0 atom stereocenters. The van der Waals surface area contributed by atoms with E-state index in [0.29, 0.717) is 12.0 Å². The van der Waals surface area contributed by atoms with E-state index in [-0.39, 0.29) is 11.4 Å². The first-order chi connectivity index (χ1) is 9.04. The van der Waals surface area contributed by atoms with Crippen LogP contribution in [-0.2, 0) is 0 Å². The van der Waals surface area contributed by atoms with Gasteiger partial charge in [-0.1, -0.05) is 31.9 Å². The Bertz CT molecular complexity index is 497. The standard InChI is InChI=1S/C13H16N2O4/c1-2-3-4-7-12(14(16)17)9-11-6-5-8-13(10-11)15(18)19/h5-6,8-10H,2-4,7H2,1H3/b12-9-. The molecule has 6 nitrogen and oxygen atoms in total. The number of nitro groups is 2. The van der Waals surface area contributed by atoms with Crippen LogP contribution in [0.25, 0.3) is 6.08 Å². The molecule has 1 rings (SSSR count). The molecule has 19 heavy (non-hydrogen) atoms. The summed E-state index contributed by atoms with van der Waals surface area (Å²) in [4.78, 5) is 20.6. The van der Waals surface area contributed by atoms with Crippen molar-refractivity contribution < 1.29 is 9.85 Å². The van der Waals surface area contributed by atoms with Gasteiger partial charge in [-0.25, -0.2) is 0 Å². The molecule has 6 heteroatoms. The zero-order valence-corrected chi connectivity index (χ0v) is 10.7. The lowest BCUT2D eigenvalue weighted by Gasteiger charge is -1.99. The third-order valence-electron chi connectivity index (χ3n) is 2.69. The minimum Gasteiger partial charge on any atom is -0.259 e. The van der Waals surface area contributed by atoms with Crippen molar-refractivity contribution >= 4 is 11.8 Å². The van der Waals surface area contributed by atoms with Gasteiger partial charge in [0.2, 0.25) is 5.70 Å². The van der Waals surface area contributed by atoms with E-state index < -0.39 is 9.85 Å². The number of nitrogens with zero attached hydrogens (tertiary/aromatic N) is 2. The summed E-state index contributed by atoms with van der Waals surface area (Å²) in [5.74, 6) is 0. The second-order valence-electron chi connectivity index (χ2n) is 4.20. The molecule has 102 valence electrons. The lowest BCUT2D eigenvalue weighted by atomic mass is 10.1. The van der Waals surface area contributed by atoms with E-state index in [0.717, 1.165) is 19.3 Å². The number of benzene rings is 1. The minimum atomic E-state index is -0.514. The molecule has 0 bridgehead atoms. The predicted octanol–water partition coefficient (Wildman–Crippen LogP) is 3.79. The summed E-state index contributed by atoms with van der Waals surface area (Å²) < 4.78 is 0. The number of nitro benzene ring substituents is 1. The predicted molar refractivity (Wildman–Crippen MR) is 72.2 cm³/mol. The van der Waals surface area contributed by atoms with Crippen molar-refractivity contribution in [1.82, 2.24) is 0 Å². The Morgan fingerprint density at radius 1 is 1.26 bits per heavy atom. The van der Waals surface area contributed by atoms with E-state index in [9.17, 15) is 20.2 Å². The summed E-state index contributed by atoms with van der Waals surface area (Å²) in [5.41, 5.74) is 0.511. The zero-order chi connectivity index (χ0) is 14.3. The highest BCUT2D eigenvalue weighted by atomic mass is 16.6. The van der Waals surface area contributed by atoms with Crippen LogP contribution in [0, 0.1) is 20.2 Å². The molecule has 0 aromatic heterocycles. The van der Waals surface area contributed by atoms with Crippen molar-refractivity contribution in [3.05, 3.63) is 55.8 Å². The SMILES string of the molecule is CCCCC/C(=C/c1cccc([N+](=O)[O-])c1)[N+](=O)[O-]. The average Bonchev–Trinajstić information content (AvgIpc) is 2.38. The fourth-order valence-corrected chi connectivity index (χ4v) is 1.69. The Morgan fingerprint density at radius 3 is 2.58 bits per heavy atom. The van der Waals surface area contributed by atoms with E-state index in [1.807, 2.05) is 6.92 Å². The first-order valence-electron chi connectivity index (χ1n) is 6.14. The third-order valence-corrected chi connectivity index (χ3v) is 2.69. The maximum atomic E-state index is 10.9. The largest absolute Gasteiger partial charge is 0.270 e. The third kappa shape index (κ3) is 4.87. The second kappa shape index (κ2) is 7.25. The van der Waals surface area contributed by atoms with Crippen LogP contribution in [0.5, 0.6) is 0 Å². The molecule has 0 fully saturated rings. The zero-order valence-electron chi connectivity index (χ0n) is 10.7. The number of allylic oxidation sites excluding steroid dienone is 1. The Labute approximate surface area is 111 Å². The number of hydrogen-bond donors (Lipinski definition) is 0. The van der Waals surface area contributed by atoms with Crippen LogP contribution >= 0.6 is 0 Å². The van der Waals surface area contributed by atoms with E-state index >= 15 is 0 Å². The van der Waals surface area contributed by atoms with Gasteiger partial charge in [0.25, 0.3) is 5.69 Å². The molecule has 0 saturated carbocycles. The van der Waals surface area contributed by atoms with Crippen LogP contribution in [0.15, 0.2) is 30.0 Å². The van der Waals surface area contributed by atoms with Crippen molar-refractivity contribution in [2.75, 3.05) is 0 Å². The highest BCUT2D eigenvalue weighted by molar-refractivity contribution is 5.54. The normalized spacial score (nSPS) is 11.3. The summed E-state index contributed by atoms with van der Waals surface area (Å²) in [7, 11) is 0. The number of non-ortho nitro benzene ring substituents is 1. The van der Waals surface area contributed by atoms with Crippen molar-refractivity contribution in [1.29, 1.82) is 0 Å². The molecule has 0 heterocycles. The van der Waals surface area contributed by atoms with Gasteiger partial charge in [-0.3, -0.25) is 20.2 Å². The van der Waals surface area contributed by atoms with Crippen molar-refractivity contribution in [2.24, 2.45) is 0 Å². The van der Waals surface area contributed by atoms with Gasteiger partial charge in [0, 0.05) is 24.6 Å². The van der Waals surface area contributed by atoms with Crippen LogP contribution < -0.4 is 0 Å². The molecular weight excluding hydrogens is 248 g/mol. The quantitative estimate of drug-likeness (QED) is 0.426. The van der Waals surface area contributed by atoms with Crippen LogP contribution in [0.3, 0.4) is 0 Å². The highest BCUT2D eigenvalue weighted by Gasteiger charge is 2.11. The molecule has 1 aromatic carbocycles. The van der Waals surface area contributed by atoms with Gasteiger partial charge >= 0.3 is 0 Å². The van der Waals surface area contributed by atoms with Crippen molar-refractivity contribution in [3.63, 3.8) is 0 Å². The molecule has 0 N–H and O–H groups in total. The topological polar surface area (TPSA) is 86.3 Å². The van der Waals surface area contributed by atoms with Gasteiger partial charge in [-0.15, -0.1) is 0 Å². The molecule has 0 aliphatic carbocycles. The van der Waals surface area contributed by atoms with Crippen molar-refractivity contribution in [3.8, 4) is 0 Å². The first-order valence-corrected chi connectivity index (χ1v) is 6.14. The van der Waals surface area contributed by atoms with E-state index in [4.69, 9.17) is 0 Å². The highest BCUT2D eigenvalue weighted by Crippen LogP contribution is 2.18. The van der Waals surface area contributed by atoms with Crippen LogP contribution in [-0.4, -0.2) is 9.85 Å². The van der Waals surface area contributed by atoms with Crippen LogP contribution in [0.1, 0.15) is 38.2 Å². The monoisotopic (exact) mass is 264 g/mol. The Kier molecular flexibility index (Phi) is 5.66. The molecule has 1 aromatic rings. The fourth-order valence-electron chi connectivity index (χ4n) is 1.69. The molecule has 0 saturated heterocycles.